The highest BCUT2D eigenvalue weighted by Crippen LogP contribution is 2.18. The Balaban J connectivity index is 0.00000320. The van der Waals surface area contributed by atoms with Crippen molar-refractivity contribution in [2.75, 3.05) is 44.8 Å². The Morgan fingerprint density at radius 1 is 1.23 bits per heavy atom. The average Bonchev–Trinajstić information content (AvgIpc) is 2.76. The molecular weight excluding hydrogens is 500 g/mol. The molecule has 1 saturated heterocycles. The summed E-state index contributed by atoms with van der Waals surface area (Å²) in [6.07, 6.45) is 1.58. The van der Waals surface area contributed by atoms with Gasteiger partial charge >= 0.3 is 0 Å². The van der Waals surface area contributed by atoms with Gasteiger partial charge in [-0.1, -0.05) is 18.2 Å². The van der Waals surface area contributed by atoms with E-state index >= 15 is 0 Å². The molecule has 9 heteroatoms. The fraction of sp³-hybridized carbons (Fsp3) is 0.429. The van der Waals surface area contributed by atoms with Gasteiger partial charge in [-0.05, 0) is 25.1 Å². The molecule has 1 fully saturated rings. The second-order valence-corrected chi connectivity index (χ2v) is 6.75. The van der Waals surface area contributed by atoms with Crippen LogP contribution in [0.4, 0.5) is 10.2 Å². The third-order valence-corrected chi connectivity index (χ3v) is 4.57. The molecule has 1 aliphatic rings. The van der Waals surface area contributed by atoms with E-state index in [9.17, 15) is 4.39 Å². The van der Waals surface area contributed by atoms with E-state index in [1.807, 2.05) is 19.2 Å². The highest BCUT2D eigenvalue weighted by molar-refractivity contribution is 14.0. The molecular formula is C21H29FIN5O2. The Hall–Kier alpha value is -2.14. The minimum absolute atomic E-state index is 0. The number of morpholine rings is 1. The molecule has 0 bridgehead atoms. The van der Waals surface area contributed by atoms with E-state index in [1.165, 1.54) is 6.07 Å². The van der Waals surface area contributed by atoms with Crippen molar-refractivity contribution in [2.45, 2.75) is 19.6 Å². The van der Waals surface area contributed by atoms with Crippen molar-refractivity contribution >= 4 is 35.8 Å². The van der Waals surface area contributed by atoms with Crippen LogP contribution in [-0.4, -0.2) is 56.9 Å². The largest absolute Gasteiger partial charge is 0.486 e. The fourth-order valence-electron chi connectivity index (χ4n) is 3.07. The van der Waals surface area contributed by atoms with Gasteiger partial charge in [-0.3, -0.25) is 4.99 Å². The van der Waals surface area contributed by atoms with E-state index in [-0.39, 0.29) is 41.6 Å². The van der Waals surface area contributed by atoms with Crippen molar-refractivity contribution in [3.8, 4) is 5.75 Å². The number of aliphatic imine (C=N–C) groups is 1. The van der Waals surface area contributed by atoms with Gasteiger partial charge in [0.15, 0.2) is 17.5 Å². The number of halogens is 2. The molecule has 7 nitrogen and oxygen atoms in total. The Bertz CT molecular complexity index is 817. The highest BCUT2D eigenvalue weighted by atomic mass is 127. The molecule has 3 rings (SSSR count). The first-order valence-electron chi connectivity index (χ1n) is 9.79. The number of para-hydroxylation sites is 1. The van der Waals surface area contributed by atoms with Crippen LogP contribution >= 0.6 is 24.0 Å². The first-order valence-corrected chi connectivity index (χ1v) is 9.79. The lowest BCUT2D eigenvalue weighted by atomic mass is 10.2. The molecule has 1 unspecified atom stereocenters. The molecule has 0 radical (unpaired) electrons. The molecule has 1 aromatic carbocycles. The van der Waals surface area contributed by atoms with Gasteiger partial charge in [-0.25, -0.2) is 9.37 Å². The second kappa shape index (κ2) is 12.5. The van der Waals surface area contributed by atoms with E-state index in [0.29, 0.717) is 32.3 Å². The van der Waals surface area contributed by atoms with Crippen molar-refractivity contribution in [1.29, 1.82) is 0 Å². The summed E-state index contributed by atoms with van der Waals surface area (Å²) < 4.78 is 24.8. The van der Waals surface area contributed by atoms with Crippen LogP contribution in [0.25, 0.3) is 0 Å². The van der Waals surface area contributed by atoms with E-state index in [2.05, 4.69) is 31.6 Å². The molecule has 0 spiro atoms. The second-order valence-electron chi connectivity index (χ2n) is 6.75. The van der Waals surface area contributed by atoms with Crippen LogP contribution < -0.4 is 20.3 Å². The number of rotatable bonds is 7. The van der Waals surface area contributed by atoms with Gasteiger partial charge < -0.3 is 25.0 Å². The van der Waals surface area contributed by atoms with Gasteiger partial charge in [0, 0.05) is 38.4 Å². The van der Waals surface area contributed by atoms with E-state index < -0.39 is 0 Å². The summed E-state index contributed by atoms with van der Waals surface area (Å²) in [4.78, 5) is 11.0. The van der Waals surface area contributed by atoms with Crippen molar-refractivity contribution in [3.05, 3.63) is 54.0 Å². The summed E-state index contributed by atoms with van der Waals surface area (Å²) in [5.41, 5.74) is 1.09. The van der Waals surface area contributed by atoms with Crippen molar-refractivity contribution in [1.82, 2.24) is 15.6 Å². The van der Waals surface area contributed by atoms with Gasteiger partial charge in [0.05, 0.1) is 19.8 Å². The molecule has 2 aromatic rings. The maximum absolute atomic E-state index is 13.7. The predicted octanol–water partition coefficient (Wildman–Crippen LogP) is 2.81. The lowest BCUT2D eigenvalue weighted by Gasteiger charge is -2.29. The van der Waals surface area contributed by atoms with E-state index in [1.54, 1.807) is 25.2 Å². The monoisotopic (exact) mass is 529 g/mol. The predicted molar refractivity (Wildman–Crippen MR) is 127 cm³/mol. The number of nitrogens with zero attached hydrogens (tertiary/aromatic N) is 3. The van der Waals surface area contributed by atoms with Gasteiger partial charge in [0.1, 0.15) is 11.9 Å². The lowest BCUT2D eigenvalue weighted by molar-refractivity contribution is 0.122. The SMILES string of the molecule is CN=C(NCc1cccnc1N1CCOCC1)NCC(C)Oc1ccccc1F.I. The quantitative estimate of drug-likeness (QED) is 0.327. The molecule has 164 valence electrons. The van der Waals surface area contributed by atoms with Crippen LogP contribution in [0.1, 0.15) is 12.5 Å². The summed E-state index contributed by atoms with van der Waals surface area (Å²) in [5.74, 6) is 1.49. The molecule has 2 heterocycles. The highest BCUT2D eigenvalue weighted by Gasteiger charge is 2.16. The summed E-state index contributed by atoms with van der Waals surface area (Å²) in [6.45, 7) is 6.05. The molecule has 2 N–H and O–H groups in total. The van der Waals surface area contributed by atoms with Crippen LogP contribution in [0.2, 0.25) is 0 Å². The molecule has 0 aliphatic carbocycles. The first kappa shape index (κ1) is 24.1. The van der Waals surface area contributed by atoms with Crippen LogP contribution in [0.5, 0.6) is 5.75 Å². The maximum Gasteiger partial charge on any atom is 0.191 e. The Labute approximate surface area is 194 Å². The molecule has 0 saturated carbocycles. The Morgan fingerprint density at radius 2 is 2.00 bits per heavy atom. The minimum atomic E-state index is -0.367. The summed E-state index contributed by atoms with van der Waals surface area (Å²) >= 11 is 0. The third kappa shape index (κ3) is 6.98. The number of nitrogens with one attached hydrogen (secondary N) is 2. The zero-order valence-electron chi connectivity index (χ0n) is 17.3. The molecule has 30 heavy (non-hydrogen) atoms. The van der Waals surface area contributed by atoms with Crippen LogP contribution in [-0.2, 0) is 11.3 Å². The van der Waals surface area contributed by atoms with Crippen molar-refractivity contribution in [3.63, 3.8) is 0 Å². The number of hydrogen-bond acceptors (Lipinski definition) is 5. The Kier molecular flexibility index (Phi) is 10.1. The van der Waals surface area contributed by atoms with Crippen molar-refractivity contribution < 1.29 is 13.9 Å². The first-order chi connectivity index (χ1) is 14.2. The number of benzene rings is 1. The number of hydrogen-bond donors (Lipinski definition) is 2. The summed E-state index contributed by atoms with van der Waals surface area (Å²) in [6, 6.07) is 10.4. The standard InChI is InChI=1S/C21H28FN5O2.HI/c1-16(29-19-8-4-3-7-18(19)22)14-25-21(23-2)26-15-17-6-5-9-24-20(17)27-10-12-28-13-11-27;/h3-9,16H,10-15H2,1-2H3,(H2,23,25,26);1H. The van der Waals surface area contributed by atoms with Gasteiger partial charge in [-0.2, -0.15) is 0 Å². The van der Waals surface area contributed by atoms with Gasteiger partial charge in [0.25, 0.3) is 0 Å². The van der Waals surface area contributed by atoms with Crippen LogP contribution in [0.15, 0.2) is 47.6 Å². The number of pyridine rings is 1. The number of anilines is 1. The lowest BCUT2D eigenvalue weighted by Crippen LogP contribution is -2.42. The molecule has 1 aromatic heterocycles. The number of aromatic nitrogens is 1. The van der Waals surface area contributed by atoms with Gasteiger partial charge in [0.2, 0.25) is 0 Å². The topological polar surface area (TPSA) is 71.0 Å². The minimum Gasteiger partial charge on any atom is -0.486 e. The van der Waals surface area contributed by atoms with Gasteiger partial charge in [-0.15, -0.1) is 24.0 Å². The molecule has 1 atom stereocenters. The number of ether oxygens (including phenoxy) is 2. The van der Waals surface area contributed by atoms with Crippen LogP contribution in [0, 0.1) is 5.82 Å². The zero-order chi connectivity index (χ0) is 20.5. The smallest absolute Gasteiger partial charge is 0.191 e. The number of guanidine groups is 1. The normalized spacial score (nSPS) is 15.2. The van der Waals surface area contributed by atoms with E-state index in [0.717, 1.165) is 24.5 Å². The zero-order valence-corrected chi connectivity index (χ0v) is 19.6. The fourth-order valence-corrected chi connectivity index (χ4v) is 3.07. The average molecular weight is 529 g/mol. The summed E-state index contributed by atoms with van der Waals surface area (Å²) in [7, 11) is 1.71. The Morgan fingerprint density at radius 3 is 2.73 bits per heavy atom. The third-order valence-electron chi connectivity index (χ3n) is 4.57. The van der Waals surface area contributed by atoms with Crippen LogP contribution in [0.3, 0.4) is 0 Å². The van der Waals surface area contributed by atoms with Crippen molar-refractivity contribution in [2.24, 2.45) is 4.99 Å². The molecule has 1 aliphatic heterocycles. The van der Waals surface area contributed by atoms with E-state index in [4.69, 9.17) is 9.47 Å². The summed E-state index contributed by atoms with van der Waals surface area (Å²) in [5, 5.41) is 6.52. The molecule has 0 amide bonds. The maximum atomic E-state index is 13.7.